The Labute approximate surface area is 233 Å². The minimum atomic E-state index is -0.267. The molecule has 0 aliphatic heterocycles. The monoisotopic (exact) mass is 558 g/mol. The number of aromatic nitrogens is 3. The summed E-state index contributed by atoms with van der Waals surface area (Å²) in [6.07, 6.45) is 5.80. The molecule has 0 aliphatic carbocycles. The third-order valence-corrected chi connectivity index (χ3v) is 7.14. The van der Waals surface area contributed by atoms with Crippen molar-refractivity contribution in [3.63, 3.8) is 0 Å². The minimum Gasteiger partial charge on any atom is -0.483 e. The van der Waals surface area contributed by atoms with Gasteiger partial charge in [0.05, 0.1) is 33.5 Å². The molecule has 0 saturated carbocycles. The van der Waals surface area contributed by atoms with Crippen molar-refractivity contribution >= 4 is 50.3 Å². The number of fused-ring (bicyclic) bond motifs is 1. The van der Waals surface area contributed by atoms with Crippen LogP contribution < -0.4 is 0 Å². The van der Waals surface area contributed by atoms with E-state index in [2.05, 4.69) is 15.0 Å². The molecule has 3 aromatic heterocycles. The zero-order valence-electron chi connectivity index (χ0n) is 22.7. The molecule has 6 nitrogen and oxygen atoms in total. The van der Waals surface area contributed by atoms with Gasteiger partial charge in [-0.2, -0.15) is 0 Å². The van der Waals surface area contributed by atoms with E-state index in [1.165, 1.54) is 10.4 Å². The van der Waals surface area contributed by atoms with E-state index < -0.39 is 0 Å². The number of rotatable bonds is 7. The predicted octanol–water partition coefficient (Wildman–Crippen LogP) is 8.06. The molecule has 4 aromatic rings. The largest absolute Gasteiger partial charge is 0.483 e. The topological polar surface area (TPSA) is 60.4 Å². The van der Waals surface area contributed by atoms with E-state index in [1.807, 2.05) is 97.1 Å². The maximum atomic E-state index is 6.03. The van der Waals surface area contributed by atoms with Gasteiger partial charge in [0.2, 0.25) is 0 Å². The quantitative estimate of drug-likeness (QED) is 0.214. The fourth-order valence-corrected chi connectivity index (χ4v) is 5.27. The van der Waals surface area contributed by atoms with Gasteiger partial charge in [-0.05, 0) is 77.4 Å². The van der Waals surface area contributed by atoms with Gasteiger partial charge in [0.25, 0.3) is 0 Å². The van der Waals surface area contributed by atoms with Crippen LogP contribution in [0, 0.1) is 6.92 Å². The molecule has 0 bridgehead atoms. The highest BCUT2D eigenvalue weighted by molar-refractivity contribution is 7.19. The molecule has 0 fully saturated rings. The maximum absolute atomic E-state index is 6.03. The van der Waals surface area contributed by atoms with Crippen molar-refractivity contribution in [2.75, 3.05) is 14.1 Å². The minimum absolute atomic E-state index is 0.239. The summed E-state index contributed by atoms with van der Waals surface area (Å²) in [7, 11) is 3.94. The van der Waals surface area contributed by atoms with E-state index in [9.17, 15) is 0 Å². The van der Waals surface area contributed by atoms with E-state index >= 15 is 0 Å². The summed E-state index contributed by atoms with van der Waals surface area (Å²) in [6, 6.07) is 9.76. The first kappa shape index (κ1) is 29.0. The van der Waals surface area contributed by atoms with Crippen LogP contribution >= 0.6 is 34.3 Å². The highest BCUT2D eigenvalue weighted by Crippen LogP contribution is 2.32. The molecule has 0 aliphatic rings. The van der Waals surface area contributed by atoms with Crippen molar-refractivity contribution in [1.29, 1.82) is 0 Å². The summed E-state index contributed by atoms with van der Waals surface area (Å²) in [6.45, 7) is 12.8. The van der Waals surface area contributed by atoms with Gasteiger partial charge in [0, 0.05) is 37.7 Å². The van der Waals surface area contributed by atoms with Crippen LogP contribution in [0.15, 0.2) is 48.9 Å². The van der Waals surface area contributed by atoms with Gasteiger partial charge >= 0.3 is 0 Å². The van der Waals surface area contributed by atoms with Gasteiger partial charge in [0.15, 0.2) is 10.8 Å². The number of thiazole rings is 2. The summed E-state index contributed by atoms with van der Waals surface area (Å²) in [5.41, 5.74) is 2.87. The predicted molar refractivity (Wildman–Crippen MR) is 157 cm³/mol. The van der Waals surface area contributed by atoms with Gasteiger partial charge in [-0.25, -0.2) is 9.97 Å². The summed E-state index contributed by atoms with van der Waals surface area (Å²) in [4.78, 5) is 16.3. The number of ether oxygens (including phenoxy) is 2. The highest BCUT2D eigenvalue weighted by Gasteiger charge is 2.18. The van der Waals surface area contributed by atoms with Gasteiger partial charge in [0.1, 0.15) is 10.6 Å². The molecule has 1 aromatic carbocycles. The SMILES string of the molecule is CN(C)/C=C(/OC(C)(C)C)c1nc2cc(Cl)ccc2s1.Cc1nc(COC(C)C)sc1-c1ccncc1. The van der Waals surface area contributed by atoms with Gasteiger partial charge in [-0.3, -0.25) is 4.98 Å². The van der Waals surface area contributed by atoms with Gasteiger partial charge in [-0.1, -0.05) is 11.6 Å². The van der Waals surface area contributed by atoms with Crippen molar-refractivity contribution in [3.05, 3.63) is 69.7 Å². The second-order valence-corrected chi connectivity index (χ2v) is 12.5. The Hall–Kier alpha value is -2.52. The summed E-state index contributed by atoms with van der Waals surface area (Å²) >= 11 is 9.31. The van der Waals surface area contributed by atoms with Crippen LogP contribution in [-0.4, -0.2) is 45.7 Å². The van der Waals surface area contributed by atoms with Crippen LogP contribution in [-0.2, 0) is 16.1 Å². The molecule has 4 rings (SSSR count). The van der Waals surface area contributed by atoms with Crippen molar-refractivity contribution in [1.82, 2.24) is 19.9 Å². The molecule has 0 N–H and O–H groups in total. The standard InChI is InChI=1S/C15H19ClN2OS.C13H16N2OS/c1-15(2,3)19-12(9-18(4)5)14-17-11-8-10(16)6-7-13(11)20-14;1-9(2)16-8-12-15-10(3)13(17-12)11-4-6-14-7-5-11/h6-9H,1-5H3;4-7,9H,8H2,1-3H3/b12-9+;. The Morgan fingerprint density at radius 1 is 1.08 bits per heavy atom. The van der Waals surface area contributed by atoms with Gasteiger partial charge < -0.3 is 14.4 Å². The molecule has 9 heteroatoms. The van der Waals surface area contributed by atoms with E-state index in [0.29, 0.717) is 11.6 Å². The second-order valence-electron chi connectivity index (χ2n) is 9.92. The Balaban J connectivity index is 0.000000208. The molecule has 0 radical (unpaired) electrons. The van der Waals surface area contributed by atoms with Crippen molar-refractivity contribution < 1.29 is 9.47 Å². The van der Waals surface area contributed by atoms with Crippen LogP contribution in [0.1, 0.15) is 50.3 Å². The molecule has 0 spiro atoms. The number of benzene rings is 1. The van der Waals surface area contributed by atoms with Crippen molar-refractivity contribution in [2.45, 2.75) is 59.9 Å². The first-order valence-electron chi connectivity index (χ1n) is 12.0. The number of nitrogens with zero attached hydrogens (tertiary/aromatic N) is 4. The molecular formula is C28H35ClN4O2S2. The smallest absolute Gasteiger partial charge is 0.171 e. The van der Waals surface area contributed by atoms with Crippen LogP contribution in [0.5, 0.6) is 0 Å². The van der Waals surface area contributed by atoms with Crippen LogP contribution in [0.3, 0.4) is 0 Å². The third kappa shape index (κ3) is 9.07. The van der Waals surface area contributed by atoms with Crippen molar-refractivity contribution in [3.8, 4) is 10.4 Å². The average molecular weight is 559 g/mol. The molecule has 3 heterocycles. The van der Waals surface area contributed by atoms with E-state index in [4.69, 9.17) is 21.1 Å². The number of pyridine rings is 1. The van der Waals surface area contributed by atoms with Gasteiger partial charge in [-0.15, -0.1) is 22.7 Å². The van der Waals surface area contributed by atoms with Crippen molar-refractivity contribution in [2.24, 2.45) is 0 Å². The number of halogens is 1. The normalized spacial score (nSPS) is 12.0. The molecule has 198 valence electrons. The highest BCUT2D eigenvalue weighted by atomic mass is 35.5. The first-order chi connectivity index (χ1) is 17.4. The lowest BCUT2D eigenvalue weighted by atomic mass is 10.2. The third-order valence-electron chi connectivity index (χ3n) is 4.68. The lowest BCUT2D eigenvalue weighted by Gasteiger charge is -2.23. The second kappa shape index (κ2) is 12.8. The number of hydrogen-bond donors (Lipinski definition) is 0. The molecule has 0 amide bonds. The zero-order valence-corrected chi connectivity index (χ0v) is 25.1. The average Bonchev–Trinajstić information content (AvgIpc) is 3.40. The van der Waals surface area contributed by atoms with Crippen LogP contribution in [0.4, 0.5) is 0 Å². The lowest BCUT2D eigenvalue weighted by Crippen LogP contribution is -2.19. The summed E-state index contributed by atoms with van der Waals surface area (Å²) < 4.78 is 12.7. The molecule has 0 atom stereocenters. The molecule has 37 heavy (non-hydrogen) atoms. The Morgan fingerprint density at radius 3 is 2.41 bits per heavy atom. The molecule has 0 saturated heterocycles. The Kier molecular flexibility index (Phi) is 10.1. The molecule has 0 unspecified atom stereocenters. The first-order valence-corrected chi connectivity index (χ1v) is 14.0. The lowest BCUT2D eigenvalue weighted by molar-refractivity contribution is 0.0655. The van der Waals surface area contributed by atoms with Crippen LogP contribution in [0.25, 0.3) is 26.4 Å². The zero-order chi connectivity index (χ0) is 27.2. The Morgan fingerprint density at radius 2 is 1.78 bits per heavy atom. The number of hydrogen-bond acceptors (Lipinski definition) is 8. The number of aryl methyl sites for hydroxylation is 1. The molecular weight excluding hydrogens is 524 g/mol. The fourth-order valence-electron chi connectivity index (χ4n) is 3.22. The Bertz CT molecular complexity index is 1330. The van der Waals surface area contributed by atoms with E-state index in [0.717, 1.165) is 31.7 Å². The van der Waals surface area contributed by atoms with E-state index in [1.54, 1.807) is 35.1 Å². The van der Waals surface area contributed by atoms with E-state index in [-0.39, 0.29) is 11.7 Å². The summed E-state index contributed by atoms with van der Waals surface area (Å²) in [5, 5.41) is 2.60. The maximum Gasteiger partial charge on any atom is 0.171 e. The summed E-state index contributed by atoms with van der Waals surface area (Å²) in [5.74, 6) is 0.778. The fraction of sp³-hybridized carbons (Fsp3) is 0.393. The van der Waals surface area contributed by atoms with Crippen LogP contribution in [0.2, 0.25) is 5.02 Å².